The molecule has 0 radical (unpaired) electrons. The Labute approximate surface area is 88.5 Å². The molecule has 0 aliphatic carbocycles. The first-order valence-electron chi connectivity index (χ1n) is 5.09. The van der Waals surface area contributed by atoms with Crippen LogP contribution in [0.3, 0.4) is 0 Å². The van der Waals surface area contributed by atoms with Crippen molar-refractivity contribution >= 4 is 10.9 Å². The fourth-order valence-electron chi connectivity index (χ4n) is 2.11. The second-order valence-electron chi connectivity index (χ2n) is 3.80. The molecule has 0 unspecified atom stereocenters. The van der Waals surface area contributed by atoms with Crippen LogP contribution in [0.2, 0.25) is 0 Å². The van der Waals surface area contributed by atoms with Gasteiger partial charge in [-0.05, 0) is 37.6 Å². The standard InChI is InChI=1S/C12H15FN2/c1-8-9(6-7-14)12-10(13)4-3-5-11(12)15(8)2/h3-5H,6-7,14H2,1-2H3. The fourth-order valence-corrected chi connectivity index (χ4v) is 2.11. The Bertz CT molecular complexity index is 500. The molecular weight excluding hydrogens is 191 g/mol. The van der Waals surface area contributed by atoms with E-state index in [9.17, 15) is 4.39 Å². The van der Waals surface area contributed by atoms with Crippen LogP contribution < -0.4 is 5.73 Å². The topological polar surface area (TPSA) is 30.9 Å². The van der Waals surface area contributed by atoms with Crippen LogP contribution in [0.15, 0.2) is 18.2 Å². The lowest BCUT2D eigenvalue weighted by atomic mass is 10.1. The lowest BCUT2D eigenvalue weighted by molar-refractivity contribution is 0.639. The number of hydrogen-bond donors (Lipinski definition) is 1. The highest BCUT2D eigenvalue weighted by Gasteiger charge is 2.13. The molecule has 0 amide bonds. The number of nitrogens with zero attached hydrogens (tertiary/aromatic N) is 1. The van der Waals surface area contributed by atoms with Gasteiger partial charge in [0.1, 0.15) is 5.82 Å². The SMILES string of the molecule is Cc1c(CCN)c2c(F)cccc2n1C. The van der Waals surface area contributed by atoms with Gasteiger partial charge >= 0.3 is 0 Å². The average molecular weight is 206 g/mol. The molecule has 2 aromatic rings. The summed E-state index contributed by atoms with van der Waals surface area (Å²) in [5.41, 5.74) is 8.62. The zero-order valence-corrected chi connectivity index (χ0v) is 9.05. The van der Waals surface area contributed by atoms with Crippen molar-refractivity contribution in [3.8, 4) is 0 Å². The van der Waals surface area contributed by atoms with E-state index in [2.05, 4.69) is 0 Å². The molecular formula is C12H15FN2. The first-order valence-corrected chi connectivity index (χ1v) is 5.09. The summed E-state index contributed by atoms with van der Waals surface area (Å²) in [6, 6.07) is 5.18. The number of benzene rings is 1. The molecule has 80 valence electrons. The van der Waals surface area contributed by atoms with Gasteiger partial charge in [-0.3, -0.25) is 0 Å². The Morgan fingerprint density at radius 1 is 1.40 bits per heavy atom. The van der Waals surface area contributed by atoms with Crippen molar-refractivity contribution in [1.29, 1.82) is 0 Å². The van der Waals surface area contributed by atoms with E-state index >= 15 is 0 Å². The lowest BCUT2D eigenvalue weighted by Crippen LogP contribution is -2.04. The molecule has 3 heteroatoms. The minimum atomic E-state index is -0.153. The van der Waals surface area contributed by atoms with Crippen molar-refractivity contribution in [2.75, 3.05) is 6.54 Å². The molecule has 1 aromatic heterocycles. The van der Waals surface area contributed by atoms with E-state index < -0.39 is 0 Å². The molecule has 2 rings (SSSR count). The van der Waals surface area contributed by atoms with Crippen molar-refractivity contribution < 1.29 is 4.39 Å². The number of halogens is 1. The third-order valence-corrected chi connectivity index (χ3v) is 2.99. The van der Waals surface area contributed by atoms with Crippen molar-refractivity contribution in [3.63, 3.8) is 0 Å². The quantitative estimate of drug-likeness (QED) is 0.801. The summed E-state index contributed by atoms with van der Waals surface area (Å²) in [5.74, 6) is -0.153. The minimum absolute atomic E-state index is 0.153. The van der Waals surface area contributed by atoms with Crippen LogP contribution in [0, 0.1) is 12.7 Å². The van der Waals surface area contributed by atoms with Gasteiger partial charge in [0.2, 0.25) is 0 Å². The smallest absolute Gasteiger partial charge is 0.132 e. The van der Waals surface area contributed by atoms with Gasteiger partial charge in [-0.2, -0.15) is 0 Å². The average Bonchev–Trinajstić information content (AvgIpc) is 2.46. The van der Waals surface area contributed by atoms with Gasteiger partial charge in [0, 0.05) is 18.1 Å². The van der Waals surface area contributed by atoms with E-state index in [0.717, 1.165) is 28.6 Å². The summed E-state index contributed by atoms with van der Waals surface area (Å²) < 4.78 is 15.7. The Balaban J connectivity index is 2.82. The highest BCUT2D eigenvalue weighted by Crippen LogP contribution is 2.27. The summed E-state index contributed by atoms with van der Waals surface area (Å²) in [7, 11) is 1.96. The molecule has 0 aliphatic rings. The zero-order valence-electron chi connectivity index (χ0n) is 9.05. The second-order valence-corrected chi connectivity index (χ2v) is 3.80. The molecule has 2 N–H and O–H groups in total. The summed E-state index contributed by atoms with van der Waals surface area (Å²) in [5, 5.41) is 0.725. The Morgan fingerprint density at radius 2 is 2.13 bits per heavy atom. The van der Waals surface area contributed by atoms with Crippen LogP contribution >= 0.6 is 0 Å². The maximum atomic E-state index is 13.7. The van der Waals surface area contributed by atoms with Crippen LogP contribution in [0.4, 0.5) is 4.39 Å². The number of rotatable bonds is 2. The van der Waals surface area contributed by atoms with Crippen LogP contribution in [0.25, 0.3) is 10.9 Å². The molecule has 0 saturated carbocycles. The van der Waals surface area contributed by atoms with Crippen LogP contribution in [0.5, 0.6) is 0 Å². The molecule has 1 heterocycles. The normalized spacial score (nSPS) is 11.2. The van der Waals surface area contributed by atoms with Gasteiger partial charge in [0.25, 0.3) is 0 Å². The Kier molecular flexibility index (Phi) is 2.49. The summed E-state index contributed by atoms with van der Waals surface area (Å²) in [6.07, 6.45) is 0.726. The first kappa shape index (κ1) is 10.2. The van der Waals surface area contributed by atoms with E-state index in [4.69, 9.17) is 5.73 Å². The van der Waals surface area contributed by atoms with E-state index in [1.807, 2.05) is 24.6 Å². The monoisotopic (exact) mass is 206 g/mol. The van der Waals surface area contributed by atoms with Crippen molar-refractivity contribution in [2.24, 2.45) is 12.8 Å². The van der Waals surface area contributed by atoms with Gasteiger partial charge in [-0.25, -0.2) is 4.39 Å². The predicted octanol–water partition coefficient (Wildman–Crippen LogP) is 2.13. The third kappa shape index (κ3) is 1.43. The molecule has 0 atom stereocenters. The van der Waals surface area contributed by atoms with E-state index in [1.165, 1.54) is 6.07 Å². The third-order valence-electron chi connectivity index (χ3n) is 2.99. The maximum absolute atomic E-state index is 13.7. The number of aryl methyl sites for hydroxylation is 1. The van der Waals surface area contributed by atoms with Crippen LogP contribution in [-0.4, -0.2) is 11.1 Å². The number of hydrogen-bond acceptors (Lipinski definition) is 1. The number of fused-ring (bicyclic) bond motifs is 1. The molecule has 15 heavy (non-hydrogen) atoms. The van der Waals surface area contributed by atoms with Gasteiger partial charge in [0.05, 0.1) is 5.52 Å². The predicted molar refractivity (Wildman–Crippen MR) is 60.4 cm³/mol. The highest BCUT2D eigenvalue weighted by atomic mass is 19.1. The first-order chi connectivity index (χ1) is 7.16. The van der Waals surface area contributed by atoms with Gasteiger partial charge < -0.3 is 10.3 Å². The zero-order chi connectivity index (χ0) is 11.0. The van der Waals surface area contributed by atoms with Crippen LogP contribution in [-0.2, 0) is 13.5 Å². The Hall–Kier alpha value is -1.35. The van der Waals surface area contributed by atoms with E-state index in [1.54, 1.807) is 6.07 Å². The van der Waals surface area contributed by atoms with E-state index in [0.29, 0.717) is 6.54 Å². The summed E-state index contributed by atoms with van der Waals surface area (Å²) >= 11 is 0. The van der Waals surface area contributed by atoms with Gasteiger partial charge in [0.15, 0.2) is 0 Å². The summed E-state index contributed by atoms with van der Waals surface area (Å²) in [4.78, 5) is 0. The van der Waals surface area contributed by atoms with Gasteiger partial charge in [-0.1, -0.05) is 6.07 Å². The van der Waals surface area contributed by atoms with Gasteiger partial charge in [-0.15, -0.1) is 0 Å². The van der Waals surface area contributed by atoms with Crippen molar-refractivity contribution in [3.05, 3.63) is 35.3 Å². The van der Waals surface area contributed by atoms with Crippen molar-refractivity contribution in [1.82, 2.24) is 4.57 Å². The molecule has 2 nitrogen and oxygen atoms in total. The molecule has 0 aliphatic heterocycles. The molecule has 0 spiro atoms. The molecule has 0 fully saturated rings. The fraction of sp³-hybridized carbons (Fsp3) is 0.333. The molecule has 0 saturated heterocycles. The van der Waals surface area contributed by atoms with E-state index in [-0.39, 0.29) is 5.82 Å². The van der Waals surface area contributed by atoms with Crippen molar-refractivity contribution in [2.45, 2.75) is 13.3 Å². The maximum Gasteiger partial charge on any atom is 0.132 e. The largest absolute Gasteiger partial charge is 0.348 e. The number of aromatic nitrogens is 1. The minimum Gasteiger partial charge on any atom is -0.348 e. The second kappa shape index (κ2) is 3.66. The number of nitrogens with two attached hydrogens (primary N) is 1. The Morgan fingerprint density at radius 3 is 2.80 bits per heavy atom. The molecule has 1 aromatic carbocycles. The highest BCUT2D eigenvalue weighted by molar-refractivity contribution is 5.86. The van der Waals surface area contributed by atoms with Crippen LogP contribution in [0.1, 0.15) is 11.3 Å². The summed E-state index contributed by atoms with van der Waals surface area (Å²) in [6.45, 7) is 2.55. The molecule has 0 bridgehead atoms. The lowest BCUT2D eigenvalue weighted by Gasteiger charge is -1.99.